The minimum absolute atomic E-state index is 0.0333. The van der Waals surface area contributed by atoms with Gasteiger partial charge in [0.1, 0.15) is 5.82 Å². The summed E-state index contributed by atoms with van der Waals surface area (Å²) in [6, 6.07) is 9.46. The lowest BCUT2D eigenvalue weighted by atomic mass is 10.0. The molecule has 2 atom stereocenters. The summed E-state index contributed by atoms with van der Waals surface area (Å²) >= 11 is 1.64. The molecule has 0 amide bonds. The van der Waals surface area contributed by atoms with Gasteiger partial charge in [0.25, 0.3) is 0 Å². The van der Waals surface area contributed by atoms with E-state index in [-0.39, 0.29) is 5.25 Å². The van der Waals surface area contributed by atoms with Crippen molar-refractivity contribution < 1.29 is 9.50 Å². The number of halogens is 1. The van der Waals surface area contributed by atoms with Crippen molar-refractivity contribution in [3.63, 3.8) is 0 Å². The van der Waals surface area contributed by atoms with E-state index in [1.807, 2.05) is 12.1 Å². The Bertz CT molecular complexity index is 550. The van der Waals surface area contributed by atoms with Crippen LogP contribution < -0.4 is 0 Å². The Morgan fingerprint density at radius 1 is 1.33 bits per heavy atom. The first-order valence-electron chi connectivity index (χ1n) is 5.77. The third-order valence-corrected chi connectivity index (χ3v) is 4.47. The van der Waals surface area contributed by atoms with E-state index in [1.165, 1.54) is 22.7 Å². The summed E-state index contributed by atoms with van der Waals surface area (Å²) in [5, 5.41) is 10.3. The van der Waals surface area contributed by atoms with Gasteiger partial charge in [-0.3, -0.25) is 4.98 Å². The molecule has 92 valence electrons. The van der Waals surface area contributed by atoms with Crippen molar-refractivity contribution in [3.8, 4) is 0 Å². The number of fused-ring (bicyclic) bond motifs is 1. The molecule has 0 saturated heterocycles. The first-order valence-corrected chi connectivity index (χ1v) is 6.65. The fraction of sp³-hybridized carbons (Fsp3) is 0.214. The number of rotatable bonds is 2. The Hall–Kier alpha value is -1.39. The van der Waals surface area contributed by atoms with Crippen molar-refractivity contribution in [1.82, 2.24) is 4.98 Å². The zero-order chi connectivity index (χ0) is 12.5. The Morgan fingerprint density at radius 2 is 2.17 bits per heavy atom. The van der Waals surface area contributed by atoms with Gasteiger partial charge in [0.2, 0.25) is 0 Å². The number of thioether (sulfide) groups is 1. The first kappa shape index (κ1) is 11.7. The van der Waals surface area contributed by atoms with Gasteiger partial charge >= 0.3 is 0 Å². The van der Waals surface area contributed by atoms with Gasteiger partial charge in [-0.25, -0.2) is 4.39 Å². The zero-order valence-corrected chi connectivity index (χ0v) is 10.4. The highest BCUT2D eigenvalue weighted by Gasteiger charge is 2.29. The van der Waals surface area contributed by atoms with Gasteiger partial charge in [0.05, 0.1) is 12.3 Å². The smallest absolute Gasteiger partial charge is 0.141 e. The molecule has 0 bridgehead atoms. The molecule has 1 aromatic carbocycles. The summed E-state index contributed by atoms with van der Waals surface area (Å²) in [7, 11) is 0. The third-order valence-electron chi connectivity index (χ3n) is 3.09. The Balaban J connectivity index is 1.82. The molecule has 0 saturated carbocycles. The molecule has 2 nitrogen and oxygen atoms in total. The number of hydrogen-bond acceptors (Lipinski definition) is 3. The number of aromatic nitrogens is 1. The van der Waals surface area contributed by atoms with E-state index < -0.39 is 11.9 Å². The van der Waals surface area contributed by atoms with E-state index in [0.29, 0.717) is 5.56 Å². The van der Waals surface area contributed by atoms with Crippen LogP contribution >= 0.6 is 11.8 Å². The summed E-state index contributed by atoms with van der Waals surface area (Å²) < 4.78 is 13.1. The largest absolute Gasteiger partial charge is 0.387 e. The molecular weight excluding hydrogens is 249 g/mol. The molecular formula is C14H12FNOS. The van der Waals surface area contributed by atoms with Crippen molar-refractivity contribution in [2.24, 2.45) is 0 Å². The highest BCUT2D eigenvalue weighted by Crippen LogP contribution is 2.42. The number of nitrogens with zero attached hydrogens (tertiary/aromatic N) is 1. The highest BCUT2D eigenvalue weighted by molar-refractivity contribution is 8.00. The number of aliphatic hydroxyl groups is 1. The van der Waals surface area contributed by atoms with Gasteiger partial charge in [-0.15, -0.1) is 11.8 Å². The van der Waals surface area contributed by atoms with Gasteiger partial charge in [0, 0.05) is 21.9 Å². The lowest BCUT2D eigenvalue weighted by molar-refractivity contribution is 0.174. The molecule has 4 heteroatoms. The van der Waals surface area contributed by atoms with Crippen LogP contribution in [-0.4, -0.2) is 15.3 Å². The minimum Gasteiger partial charge on any atom is -0.387 e. The molecule has 1 aliphatic heterocycles. The van der Waals surface area contributed by atoms with Crippen LogP contribution in [0.25, 0.3) is 0 Å². The fourth-order valence-corrected chi connectivity index (χ4v) is 3.52. The van der Waals surface area contributed by atoms with E-state index in [1.54, 1.807) is 11.8 Å². The summed E-state index contributed by atoms with van der Waals surface area (Å²) in [6.45, 7) is 0. The molecule has 2 aromatic rings. The molecule has 2 unspecified atom stereocenters. The number of hydrogen-bond donors (Lipinski definition) is 1. The second-order valence-electron chi connectivity index (χ2n) is 4.35. The van der Waals surface area contributed by atoms with E-state index >= 15 is 0 Å². The van der Waals surface area contributed by atoms with Crippen molar-refractivity contribution in [1.29, 1.82) is 0 Å². The lowest BCUT2D eigenvalue weighted by Crippen LogP contribution is -2.14. The molecule has 0 fully saturated rings. The monoisotopic (exact) mass is 261 g/mol. The van der Waals surface area contributed by atoms with Gasteiger partial charge in [-0.05, 0) is 24.1 Å². The van der Waals surface area contributed by atoms with Gasteiger partial charge in [-0.2, -0.15) is 0 Å². The average Bonchev–Trinajstić information content (AvgIpc) is 2.81. The Kier molecular flexibility index (Phi) is 3.06. The van der Waals surface area contributed by atoms with Crippen LogP contribution in [0.5, 0.6) is 0 Å². The van der Waals surface area contributed by atoms with Gasteiger partial charge < -0.3 is 5.11 Å². The third kappa shape index (κ3) is 2.13. The van der Waals surface area contributed by atoms with Crippen LogP contribution in [-0.2, 0) is 6.42 Å². The van der Waals surface area contributed by atoms with Crippen LogP contribution in [0.15, 0.2) is 47.6 Å². The van der Waals surface area contributed by atoms with Crippen molar-refractivity contribution in [3.05, 3.63) is 59.7 Å². The van der Waals surface area contributed by atoms with E-state index in [2.05, 4.69) is 17.1 Å². The van der Waals surface area contributed by atoms with Crippen LogP contribution in [0.2, 0.25) is 0 Å². The van der Waals surface area contributed by atoms with Gasteiger partial charge in [0.15, 0.2) is 0 Å². The molecule has 1 aromatic heterocycles. The van der Waals surface area contributed by atoms with Crippen LogP contribution in [0.3, 0.4) is 0 Å². The number of aliphatic hydroxyl groups excluding tert-OH is 1. The molecule has 2 heterocycles. The normalized spacial score (nSPS) is 19.6. The maximum Gasteiger partial charge on any atom is 0.141 e. The molecule has 18 heavy (non-hydrogen) atoms. The molecule has 0 radical (unpaired) electrons. The standard InChI is InChI=1S/C14H12FNOS/c15-11-5-10(7-16-8-11)14(17)13-6-9-3-1-2-4-12(9)18-13/h1-5,7-8,13-14,17H,6H2. The number of benzene rings is 1. The molecule has 3 rings (SSSR count). The van der Waals surface area contributed by atoms with E-state index in [0.717, 1.165) is 12.6 Å². The Labute approximate surface area is 109 Å². The average molecular weight is 261 g/mol. The fourth-order valence-electron chi connectivity index (χ4n) is 2.19. The zero-order valence-electron chi connectivity index (χ0n) is 9.58. The topological polar surface area (TPSA) is 33.1 Å². The molecule has 1 aliphatic rings. The maximum absolute atomic E-state index is 13.1. The summed E-state index contributed by atoms with van der Waals surface area (Å²) in [5.74, 6) is -0.410. The van der Waals surface area contributed by atoms with Crippen LogP contribution in [0, 0.1) is 5.82 Å². The molecule has 0 spiro atoms. The molecule has 1 N–H and O–H groups in total. The lowest BCUT2D eigenvalue weighted by Gasteiger charge is -2.16. The number of pyridine rings is 1. The summed E-state index contributed by atoms with van der Waals surface area (Å²) in [6.07, 6.45) is 2.79. The quantitative estimate of drug-likeness (QED) is 0.902. The van der Waals surface area contributed by atoms with Crippen LogP contribution in [0.4, 0.5) is 4.39 Å². The van der Waals surface area contributed by atoms with Gasteiger partial charge in [-0.1, -0.05) is 18.2 Å². The SMILES string of the molecule is OC(c1cncc(F)c1)C1Cc2ccccc2S1. The summed E-state index contributed by atoms with van der Waals surface area (Å²) in [4.78, 5) is 4.98. The second-order valence-corrected chi connectivity index (χ2v) is 5.63. The minimum atomic E-state index is -0.689. The summed E-state index contributed by atoms with van der Waals surface area (Å²) in [5.41, 5.74) is 1.79. The van der Waals surface area contributed by atoms with Crippen molar-refractivity contribution in [2.75, 3.05) is 0 Å². The predicted molar refractivity (Wildman–Crippen MR) is 68.9 cm³/mol. The van der Waals surface area contributed by atoms with E-state index in [9.17, 15) is 9.50 Å². The maximum atomic E-state index is 13.1. The molecule has 0 aliphatic carbocycles. The predicted octanol–water partition coefficient (Wildman–Crippen LogP) is 2.97. The van der Waals surface area contributed by atoms with Crippen molar-refractivity contribution >= 4 is 11.8 Å². The van der Waals surface area contributed by atoms with Crippen LogP contribution in [0.1, 0.15) is 17.2 Å². The van der Waals surface area contributed by atoms with Crippen molar-refractivity contribution in [2.45, 2.75) is 22.7 Å². The highest BCUT2D eigenvalue weighted by atomic mass is 32.2. The van der Waals surface area contributed by atoms with E-state index in [4.69, 9.17) is 0 Å². The second kappa shape index (κ2) is 4.71. The first-order chi connectivity index (χ1) is 8.74. The Morgan fingerprint density at radius 3 is 2.94 bits per heavy atom.